The van der Waals surface area contributed by atoms with Gasteiger partial charge >= 0.3 is 5.97 Å². The largest absolute Gasteiger partial charge is 0.492 e. The van der Waals surface area contributed by atoms with Gasteiger partial charge in [-0.25, -0.2) is 13.8 Å². The molecule has 0 saturated carbocycles. The molecule has 0 bridgehead atoms. The Morgan fingerprint density at radius 1 is 1.31 bits per heavy atom. The Morgan fingerprint density at radius 3 is 2.54 bits per heavy atom. The summed E-state index contributed by atoms with van der Waals surface area (Å²) in [5, 5.41) is 10.0. The lowest BCUT2D eigenvalue weighted by molar-refractivity contribution is -0.135. The minimum Gasteiger partial charge on any atom is -0.492 e. The number of halogens is 4. The number of rotatable bonds is 5. The van der Waals surface area contributed by atoms with Crippen molar-refractivity contribution in [3.05, 3.63) is 39.5 Å². The molecule has 1 heterocycles. The van der Waals surface area contributed by atoms with Crippen LogP contribution >= 0.6 is 23.2 Å². The highest BCUT2D eigenvalue weighted by Crippen LogP contribution is 2.38. The van der Waals surface area contributed by atoms with Crippen molar-refractivity contribution < 1.29 is 28.2 Å². The summed E-state index contributed by atoms with van der Waals surface area (Å²) in [6.45, 7) is -0.730. The lowest BCUT2D eigenvalue weighted by Crippen LogP contribution is -2.30. The third-order valence-electron chi connectivity index (χ3n) is 3.24. The van der Waals surface area contributed by atoms with Crippen LogP contribution < -0.4 is 15.8 Å². The maximum absolute atomic E-state index is 14.6. The number of pyridine rings is 1. The van der Waals surface area contributed by atoms with Crippen LogP contribution in [-0.2, 0) is 4.79 Å². The summed E-state index contributed by atoms with van der Waals surface area (Å²) in [6, 6.07) is 2.37. The lowest BCUT2D eigenvalue weighted by Gasteiger charge is -2.13. The zero-order valence-corrected chi connectivity index (χ0v) is 14.6. The van der Waals surface area contributed by atoms with E-state index in [0.29, 0.717) is 0 Å². The van der Waals surface area contributed by atoms with Gasteiger partial charge in [0, 0.05) is 5.56 Å². The van der Waals surface area contributed by atoms with Gasteiger partial charge in [0.2, 0.25) is 0 Å². The minimum atomic E-state index is -1.32. The molecule has 7 nitrogen and oxygen atoms in total. The van der Waals surface area contributed by atoms with Crippen LogP contribution in [0.5, 0.6) is 5.75 Å². The molecule has 4 N–H and O–H groups in total. The number of aromatic nitrogens is 1. The third kappa shape index (κ3) is 3.63. The number of nitrogen functional groups attached to an aromatic ring is 1. The van der Waals surface area contributed by atoms with E-state index in [4.69, 9.17) is 38.8 Å². The highest BCUT2D eigenvalue weighted by Gasteiger charge is 2.25. The molecule has 26 heavy (non-hydrogen) atoms. The normalized spacial score (nSPS) is 10.5. The Balaban J connectivity index is 2.64. The summed E-state index contributed by atoms with van der Waals surface area (Å²) < 4.78 is 33.8. The summed E-state index contributed by atoms with van der Waals surface area (Å²) in [5.41, 5.74) is 3.35. The van der Waals surface area contributed by atoms with E-state index in [1.807, 2.05) is 5.32 Å². The molecule has 0 fully saturated rings. The van der Waals surface area contributed by atoms with Gasteiger partial charge in [-0.05, 0) is 12.1 Å². The molecule has 0 saturated heterocycles. The van der Waals surface area contributed by atoms with Crippen LogP contribution in [0.3, 0.4) is 0 Å². The first-order valence-corrected chi connectivity index (χ1v) is 7.61. The topological polar surface area (TPSA) is 115 Å². The van der Waals surface area contributed by atoms with Gasteiger partial charge in [-0.3, -0.25) is 9.59 Å². The first-order valence-electron chi connectivity index (χ1n) is 6.85. The summed E-state index contributed by atoms with van der Waals surface area (Å²) in [6.07, 6.45) is 0. The summed E-state index contributed by atoms with van der Waals surface area (Å²) >= 11 is 11.6. The molecule has 138 valence electrons. The van der Waals surface area contributed by atoms with Crippen LogP contribution in [0.4, 0.5) is 14.5 Å². The van der Waals surface area contributed by atoms with Crippen LogP contribution in [0.2, 0.25) is 10.0 Å². The number of hydrogen-bond acceptors (Lipinski definition) is 5. The van der Waals surface area contributed by atoms with Crippen LogP contribution in [0.15, 0.2) is 12.1 Å². The molecule has 1 amide bonds. The number of anilines is 1. The third-order valence-corrected chi connectivity index (χ3v) is 3.92. The van der Waals surface area contributed by atoms with E-state index < -0.39 is 52.2 Å². The number of carbonyl (C=O) groups is 2. The number of hydrogen-bond donors (Lipinski definition) is 3. The second-order valence-corrected chi connectivity index (χ2v) is 5.65. The molecule has 0 atom stereocenters. The number of carboxylic acid groups (broad SMARTS) is 1. The Kier molecular flexibility index (Phi) is 5.83. The molecule has 1 aromatic carbocycles. The lowest BCUT2D eigenvalue weighted by atomic mass is 10.1. The van der Waals surface area contributed by atoms with E-state index in [-0.39, 0.29) is 16.3 Å². The molecule has 0 spiro atoms. The molecule has 2 rings (SSSR count). The first-order chi connectivity index (χ1) is 12.2. The monoisotopic (exact) mass is 405 g/mol. The minimum absolute atomic E-state index is 0.0597. The van der Waals surface area contributed by atoms with Crippen molar-refractivity contribution in [2.24, 2.45) is 0 Å². The molecule has 0 aliphatic carbocycles. The van der Waals surface area contributed by atoms with Crippen molar-refractivity contribution in [2.75, 3.05) is 19.4 Å². The van der Waals surface area contributed by atoms with E-state index in [9.17, 15) is 18.4 Å². The second-order valence-electron chi connectivity index (χ2n) is 4.87. The Labute approximate surface area is 155 Å². The molecule has 11 heteroatoms. The Hall–Kier alpha value is -2.65. The number of carboxylic acids is 1. The average molecular weight is 406 g/mol. The number of ether oxygens (including phenoxy) is 1. The van der Waals surface area contributed by atoms with Crippen molar-refractivity contribution in [2.45, 2.75) is 0 Å². The van der Waals surface area contributed by atoms with Gasteiger partial charge in [0.1, 0.15) is 17.9 Å². The summed E-state index contributed by atoms with van der Waals surface area (Å²) in [4.78, 5) is 26.3. The molecular weight excluding hydrogens is 395 g/mol. The van der Waals surface area contributed by atoms with Gasteiger partial charge in [-0.1, -0.05) is 23.2 Å². The molecule has 2 aromatic rings. The van der Waals surface area contributed by atoms with E-state index in [2.05, 4.69) is 4.98 Å². The number of carbonyl (C=O) groups excluding carboxylic acids is 1. The van der Waals surface area contributed by atoms with Crippen molar-refractivity contribution >= 4 is 40.8 Å². The number of amides is 1. The fraction of sp³-hybridized carbons (Fsp3) is 0.133. The maximum atomic E-state index is 14.6. The van der Waals surface area contributed by atoms with E-state index >= 15 is 0 Å². The maximum Gasteiger partial charge on any atom is 0.322 e. The smallest absolute Gasteiger partial charge is 0.322 e. The highest BCUT2D eigenvalue weighted by atomic mass is 35.5. The molecule has 0 radical (unpaired) electrons. The fourth-order valence-corrected chi connectivity index (χ4v) is 2.47. The van der Waals surface area contributed by atoms with E-state index in [1.165, 1.54) is 13.2 Å². The number of aliphatic carboxylic acids is 1. The standard InChI is InChI=1S/C15H11Cl2F2N3O4/c1-26-14-6(16)3-2-5(9(14)18)12-10(19)11(20)8(17)13(22-12)15(25)21-4-7(23)24/h2-3H,4H2,1H3,(H2,20,22)(H,21,25)(H,23,24). The van der Waals surface area contributed by atoms with E-state index in [0.717, 1.165) is 6.07 Å². The first kappa shape index (κ1) is 19.7. The van der Waals surface area contributed by atoms with Gasteiger partial charge in [0.05, 0.1) is 22.8 Å². The summed E-state index contributed by atoms with van der Waals surface area (Å²) in [5.74, 6) is -4.88. The molecule has 0 aliphatic heterocycles. The van der Waals surface area contributed by atoms with Gasteiger partial charge in [-0.15, -0.1) is 0 Å². The van der Waals surface area contributed by atoms with Crippen LogP contribution in [0, 0.1) is 11.6 Å². The molecular formula is C15H11Cl2F2N3O4. The zero-order chi connectivity index (χ0) is 19.6. The van der Waals surface area contributed by atoms with Crippen LogP contribution in [-0.4, -0.2) is 35.6 Å². The van der Waals surface area contributed by atoms with Gasteiger partial charge in [0.15, 0.2) is 17.4 Å². The number of nitrogens with two attached hydrogens (primary N) is 1. The van der Waals surface area contributed by atoms with Crippen molar-refractivity contribution in [1.29, 1.82) is 0 Å². The average Bonchev–Trinajstić information content (AvgIpc) is 2.59. The second kappa shape index (κ2) is 7.71. The highest BCUT2D eigenvalue weighted by molar-refractivity contribution is 6.36. The molecule has 0 unspecified atom stereocenters. The molecule has 1 aromatic heterocycles. The number of benzene rings is 1. The number of nitrogens with zero attached hydrogens (tertiary/aromatic N) is 1. The quantitative estimate of drug-likeness (QED) is 0.704. The van der Waals surface area contributed by atoms with Gasteiger partial charge < -0.3 is 20.9 Å². The zero-order valence-electron chi connectivity index (χ0n) is 13.1. The predicted octanol–water partition coefficient (Wildman–Crippen LogP) is 2.74. The Bertz CT molecular complexity index is 909. The number of nitrogens with one attached hydrogen (secondary N) is 1. The molecule has 0 aliphatic rings. The van der Waals surface area contributed by atoms with Crippen LogP contribution in [0.1, 0.15) is 10.5 Å². The SMILES string of the molecule is COc1c(Cl)ccc(-c2nc(C(=O)NCC(=O)O)c(Cl)c(N)c2F)c1F. The Morgan fingerprint density at radius 2 is 1.96 bits per heavy atom. The van der Waals surface area contributed by atoms with Crippen molar-refractivity contribution in [1.82, 2.24) is 10.3 Å². The summed E-state index contributed by atoms with van der Waals surface area (Å²) in [7, 11) is 1.17. The van der Waals surface area contributed by atoms with Gasteiger partial charge in [0.25, 0.3) is 5.91 Å². The van der Waals surface area contributed by atoms with Crippen molar-refractivity contribution in [3.8, 4) is 17.0 Å². The fourth-order valence-electron chi connectivity index (χ4n) is 2.03. The van der Waals surface area contributed by atoms with Crippen molar-refractivity contribution in [3.63, 3.8) is 0 Å². The predicted molar refractivity (Wildman–Crippen MR) is 90.5 cm³/mol. The number of methoxy groups -OCH3 is 1. The van der Waals surface area contributed by atoms with Gasteiger partial charge in [-0.2, -0.15) is 0 Å². The van der Waals surface area contributed by atoms with E-state index in [1.54, 1.807) is 0 Å². The van der Waals surface area contributed by atoms with Crippen LogP contribution in [0.25, 0.3) is 11.3 Å².